The maximum Gasteiger partial charge on any atom is 0.306 e. The van der Waals surface area contributed by atoms with E-state index in [9.17, 15) is 9.59 Å². The topological polar surface area (TPSA) is 61.8 Å². The summed E-state index contributed by atoms with van der Waals surface area (Å²) in [5, 5.41) is 0. The molecule has 0 aromatic heterocycles. The summed E-state index contributed by atoms with van der Waals surface area (Å²) in [6.45, 7) is 7.60. The van der Waals surface area contributed by atoms with E-state index in [0.29, 0.717) is 19.4 Å². The van der Waals surface area contributed by atoms with Gasteiger partial charge in [0.25, 0.3) is 0 Å². The summed E-state index contributed by atoms with van der Waals surface area (Å²) in [5.74, 6) is -0.428. The number of unbranched alkanes of at least 4 members (excludes halogenated alkanes) is 17. The number of rotatable bonds is 36. The molecule has 0 radical (unpaired) electrons. The van der Waals surface area contributed by atoms with Crippen molar-refractivity contribution >= 4 is 11.9 Å². The van der Waals surface area contributed by atoms with E-state index in [1.165, 1.54) is 70.6 Å². The van der Waals surface area contributed by atoms with E-state index in [0.717, 1.165) is 83.5 Å². The molecule has 0 aromatic carbocycles. The Labute approximate surface area is 297 Å². The van der Waals surface area contributed by atoms with Crippen LogP contribution < -0.4 is 0 Å². The second kappa shape index (κ2) is 39.3. The zero-order chi connectivity index (χ0) is 35.0. The van der Waals surface area contributed by atoms with Crippen LogP contribution in [0.25, 0.3) is 0 Å². The Balaban J connectivity index is 4.05. The van der Waals surface area contributed by atoms with Crippen LogP contribution in [-0.2, 0) is 23.8 Å². The fourth-order valence-electron chi connectivity index (χ4n) is 5.38. The number of carbonyl (C=O) groups is 2. The molecule has 0 aliphatic rings. The lowest BCUT2D eigenvalue weighted by atomic mass is 10.1. The molecule has 0 aliphatic carbocycles. The van der Waals surface area contributed by atoms with Gasteiger partial charge >= 0.3 is 11.9 Å². The van der Waals surface area contributed by atoms with Crippen LogP contribution in [0.3, 0.4) is 0 Å². The molecule has 1 atom stereocenters. The summed E-state index contributed by atoms with van der Waals surface area (Å²) >= 11 is 0. The van der Waals surface area contributed by atoms with Crippen molar-refractivity contribution in [3.63, 3.8) is 0 Å². The highest BCUT2D eigenvalue weighted by molar-refractivity contribution is 5.70. The first-order chi connectivity index (χ1) is 23.6. The fourth-order valence-corrected chi connectivity index (χ4v) is 5.38. The van der Waals surface area contributed by atoms with Gasteiger partial charge in [-0.05, 0) is 57.8 Å². The highest BCUT2D eigenvalue weighted by atomic mass is 16.6. The van der Waals surface area contributed by atoms with Gasteiger partial charge < -0.3 is 14.2 Å². The molecular formula is C43H76O5. The number of hydrogen-bond acceptors (Lipinski definition) is 5. The average Bonchev–Trinajstić information content (AvgIpc) is 3.08. The van der Waals surface area contributed by atoms with Gasteiger partial charge in [0.1, 0.15) is 6.61 Å². The van der Waals surface area contributed by atoms with Gasteiger partial charge in [0.15, 0.2) is 6.10 Å². The molecule has 0 spiro atoms. The van der Waals surface area contributed by atoms with Gasteiger partial charge in [0.2, 0.25) is 0 Å². The molecule has 0 aliphatic heterocycles. The maximum atomic E-state index is 12.4. The Kier molecular flexibility index (Phi) is 37.5. The molecule has 0 amide bonds. The minimum Gasteiger partial charge on any atom is -0.462 e. The van der Waals surface area contributed by atoms with Gasteiger partial charge in [-0.1, -0.05) is 166 Å². The van der Waals surface area contributed by atoms with Crippen LogP contribution in [0.5, 0.6) is 0 Å². The monoisotopic (exact) mass is 673 g/mol. The molecule has 1 unspecified atom stereocenters. The van der Waals surface area contributed by atoms with E-state index < -0.39 is 6.10 Å². The third kappa shape index (κ3) is 36.7. The molecule has 0 heterocycles. The molecule has 0 fully saturated rings. The number of ether oxygens (including phenoxy) is 3. The summed E-state index contributed by atoms with van der Waals surface area (Å²) in [4.78, 5) is 24.9. The molecule has 48 heavy (non-hydrogen) atoms. The van der Waals surface area contributed by atoms with Crippen molar-refractivity contribution in [3.05, 3.63) is 48.6 Å². The lowest BCUT2D eigenvalue weighted by Crippen LogP contribution is -2.30. The lowest BCUT2D eigenvalue weighted by Gasteiger charge is -2.18. The van der Waals surface area contributed by atoms with Gasteiger partial charge in [-0.3, -0.25) is 9.59 Å². The third-order valence-electron chi connectivity index (χ3n) is 8.38. The zero-order valence-electron chi connectivity index (χ0n) is 31.7. The van der Waals surface area contributed by atoms with Crippen molar-refractivity contribution in [2.75, 3.05) is 19.8 Å². The predicted octanol–water partition coefficient (Wildman–Crippen LogP) is 12.9. The van der Waals surface area contributed by atoms with Crippen LogP contribution in [0.2, 0.25) is 0 Å². The van der Waals surface area contributed by atoms with Crippen molar-refractivity contribution < 1.29 is 23.8 Å². The molecule has 0 saturated carbocycles. The highest BCUT2D eigenvalue weighted by Crippen LogP contribution is 2.12. The third-order valence-corrected chi connectivity index (χ3v) is 8.38. The van der Waals surface area contributed by atoms with Crippen molar-refractivity contribution in [2.24, 2.45) is 0 Å². The molecule has 5 heteroatoms. The average molecular weight is 673 g/mol. The second-order valence-corrected chi connectivity index (χ2v) is 13.2. The Bertz CT molecular complexity index is 812. The van der Waals surface area contributed by atoms with Gasteiger partial charge in [-0.25, -0.2) is 0 Å². The van der Waals surface area contributed by atoms with Gasteiger partial charge in [0, 0.05) is 19.4 Å². The summed E-state index contributed by atoms with van der Waals surface area (Å²) in [5.41, 5.74) is 0. The van der Waals surface area contributed by atoms with Crippen molar-refractivity contribution in [3.8, 4) is 0 Å². The predicted molar refractivity (Wildman–Crippen MR) is 205 cm³/mol. The van der Waals surface area contributed by atoms with Crippen molar-refractivity contribution in [1.82, 2.24) is 0 Å². The molecule has 0 saturated heterocycles. The first-order valence-electron chi connectivity index (χ1n) is 20.2. The SMILES string of the molecule is CC/C=C\C/C=C\C/C=C\C/C=C\CCCCCCCCC(=O)OCC(COCCCCCCCCCC)OC(=O)CCCCCCC. The molecule has 0 N–H and O–H groups in total. The Morgan fingerprint density at radius 3 is 1.50 bits per heavy atom. The lowest BCUT2D eigenvalue weighted by molar-refractivity contribution is -0.163. The first-order valence-corrected chi connectivity index (χ1v) is 20.2. The zero-order valence-corrected chi connectivity index (χ0v) is 31.7. The van der Waals surface area contributed by atoms with E-state index in [1.54, 1.807) is 0 Å². The Morgan fingerprint density at radius 2 is 0.938 bits per heavy atom. The molecule has 5 nitrogen and oxygen atoms in total. The van der Waals surface area contributed by atoms with Crippen LogP contribution in [0.4, 0.5) is 0 Å². The normalized spacial score (nSPS) is 12.6. The van der Waals surface area contributed by atoms with Crippen molar-refractivity contribution in [2.45, 2.75) is 194 Å². The van der Waals surface area contributed by atoms with E-state index in [-0.39, 0.29) is 25.2 Å². The van der Waals surface area contributed by atoms with Crippen LogP contribution in [-0.4, -0.2) is 37.9 Å². The molecule has 0 bridgehead atoms. The minimum atomic E-state index is -0.531. The molecule has 278 valence electrons. The van der Waals surface area contributed by atoms with E-state index >= 15 is 0 Å². The van der Waals surface area contributed by atoms with Crippen LogP contribution in [0.15, 0.2) is 48.6 Å². The van der Waals surface area contributed by atoms with Gasteiger partial charge in [-0.15, -0.1) is 0 Å². The number of hydrogen-bond donors (Lipinski definition) is 0. The van der Waals surface area contributed by atoms with Crippen LogP contribution >= 0.6 is 0 Å². The molecule has 0 aromatic rings. The van der Waals surface area contributed by atoms with Gasteiger partial charge in [0.05, 0.1) is 6.61 Å². The largest absolute Gasteiger partial charge is 0.462 e. The van der Waals surface area contributed by atoms with E-state index in [2.05, 4.69) is 69.4 Å². The Morgan fingerprint density at radius 1 is 0.479 bits per heavy atom. The summed E-state index contributed by atoms with van der Waals surface area (Å²) in [6, 6.07) is 0. The fraction of sp³-hybridized carbons (Fsp3) is 0.767. The summed E-state index contributed by atoms with van der Waals surface area (Å²) < 4.78 is 17.1. The summed E-state index contributed by atoms with van der Waals surface area (Å²) in [7, 11) is 0. The van der Waals surface area contributed by atoms with Gasteiger partial charge in [-0.2, -0.15) is 0 Å². The van der Waals surface area contributed by atoms with Crippen LogP contribution in [0.1, 0.15) is 188 Å². The number of esters is 2. The maximum absolute atomic E-state index is 12.4. The van der Waals surface area contributed by atoms with E-state index in [1.807, 2.05) is 0 Å². The molecular weight excluding hydrogens is 596 g/mol. The number of allylic oxidation sites excluding steroid dienone is 8. The quantitative estimate of drug-likeness (QED) is 0.0376. The minimum absolute atomic E-state index is 0.0785. The van der Waals surface area contributed by atoms with Crippen LogP contribution in [0, 0.1) is 0 Å². The van der Waals surface area contributed by atoms with E-state index in [4.69, 9.17) is 14.2 Å². The first kappa shape index (κ1) is 45.9. The highest BCUT2D eigenvalue weighted by Gasteiger charge is 2.17. The van der Waals surface area contributed by atoms with Crippen molar-refractivity contribution in [1.29, 1.82) is 0 Å². The summed E-state index contributed by atoms with van der Waals surface area (Å²) in [6.07, 6.45) is 45.6. The molecule has 0 rings (SSSR count). The standard InChI is InChI=1S/C43H76O5/c1-4-7-10-13-15-17-18-19-20-21-22-23-24-25-26-27-28-31-33-36-42(44)47-40-41(48-43(45)37-34-30-12-9-6-3)39-46-38-35-32-29-16-14-11-8-5-2/h7,10,15,17,19-20,22-23,41H,4-6,8-9,11-14,16,18,21,24-40H2,1-3H3/b10-7-,17-15-,20-19-,23-22-. The second-order valence-electron chi connectivity index (χ2n) is 13.2. The smallest absolute Gasteiger partial charge is 0.306 e. The number of carbonyl (C=O) groups excluding carboxylic acids is 2. The Hall–Kier alpha value is -2.14.